The van der Waals surface area contributed by atoms with Gasteiger partial charge in [-0.2, -0.15) is 0 Å². The molecule has 0 amide bonds. The first kappa shape index (κ1) is 12.6. The second-order valence-corrected chi connectivity index (χ2v) is 5.32. The van der Waals surface area contributed by atoms with E-state index in [1.807, 2.05) is 22.2 Å². The van der Waals surface area contributed by atoms with Gasteiger partial charge in [-0.05, 0) is 0 Å². The van der Waals surface area contributed by atoms with Gasteiger partial charge in [-0.25, -0.2) is 9.78 Å². The van der Waals surface area contributed by atoms with E-state index >= 15 is 0 Å². The number of esters is 1. The van der Waals surface area contributed by atoms with Crippen LogP contribution in [0.5, 0.6) is 0 Å². The molecule has 19 heavy (non-hydrogen) atoms. The third-order valence-corrected chi connectivity index (χ3v) is 3.91. The molecule has 1 aliphatic heterocycles. The minimum Gasteiger partial charge on any atom is -0.467 e. The quantitative estimate of drug-likeness (QED) is 0.778. The number of morpholine rings is 1. The number of fused-ring (bicyclic) bond motifs is 1. The van der Waals surface area contributed by atoms with E-state index in [-0.39, 0.29) is 5.97 Å². The van der Waals surface area contributed by atoms with Crippen LogP contribution >= 0.6 is 11.3 Å². The summed E-state index contributed by atoms with van der Waals surface area (Å²) in [6, 6.07) is 0. The van der Waals surface area contributed by atoms with E-state index in [1.54, 1.807) is 11.3 Å². The highest BCUT2D eigenvalue weighted by Crippen LogP contribution is 2.15. The number of carbonyl (C=O) groups excluding carboxylic acids is 1. The summed E-state index contributed by atoms with van der Waals surface area (Å²) in [7, 11) is 1.38. The highest BCUT2D eigenvalue weighted by molar-refractivity contribution is 7.15. The van der Waals surface area contributed by atoms with Crippen LogP contribution in [0.15, 0.2) is 17.8 Å². The fraction of sp³-hybridized carbons (Fsp3) is 0.500. The molecule has 1 atom stereocenters. The first-order chi connectivity index (χ1) is 9.26. The van der Waals surface area contributed by atoms with Crippen molar-refractivity contribution in [2.24, 2.45) is 0 Å². The zero-order chi connectivity index (χ0) is 13.2. The van der Waals surface area contributed by atoms with Crippen molar-refractivity contribution in [2.75, 3.05) is 26.8 Å². The fourth-order valence-electron chi connectivity index (χ4n) is 2.20. The topological polar surface area (TPSA) is 56.1 Å². The van der Waals surface area contributed by atoms with Gasteiger partial charge in [-0.3, -0.25) is 9.30 Å². The van der Waals surface area contributed by atoms with Crippen LogP contribution < -0.4 is 0 Å². The molecular formula is C12H15N3O3S. The Morgan fingerprint density at radius 1 is 1.68 bits per heavy atom. The average molecular weight is 281 g/mol. The summed E-state index contributed by atoms with van der Waals surface area (Å²) in [5.41, 5.74) is 1.01. The normalized spacial score (nSPS) is 20.8. The van der Waals surface area contributed by atoms with Crippen LogP contribution in [0.1, 0.15) is 5.69 Å². The van der Waals surface area contributed by atoms with Crippen molar-refractivity contribution < 1.29 is 14.3 Å². The van der Waals surface area contributed by atoms with Crippen LogP contribution in [-0.4, -0.2) is 53.2 Å². The van der Waals surface area contributed by atoms with Crippen molar-refractivity contribution >= 4 is 22.3 Å². The molecule has 0 N–H and O–H groups in total. The minimum atomic E-state index is -0.484. The Kier molecular flexibility index (Phi) is 3.50. The van der Waals surface area contributed by atoms with Crippen molar-refractivity contribution in [3.63, 3.8) is 0 Å². The van der Waals surface area contributed by atoms with E-state index in [1.165, 1.54) is 7.11 Å². The first-order valence-corrected chi connectivity index (χ1v) is 6.97. The lowest BCUT2D eigenvalue weighted by molar-refractivity contribution is -0.160. The van der Waals surface area contributed by atoms with E-state index in [0.29, 0.717) is 13.2 Å². The molecule has 102 valence electrons. The Labute approximate surface area is 114 Å². The SMILES string of the molecule is COC(=O)C1CN(Cc2cn3ccsc3n2)CCO1. The molecule has 1 aliphatic rings. The number of methoxy groups -OCH3 is 1. The standard InChI is InChI=1S/C12H15N3O3S/c1-17-11(16)10-8-14(2-4-18-10)6-9-7-15-3-5-19-12(15)13-9/h3,5,7,10H,2,4,6,8H2,1H3. The molecule has 2 aromatic heterocycles. The summed E-state index contributed by atoms with van der Waals surface area (Å²) in [6.07, 6.45) is 3.53. The van der Waals surface area contributed by atoms with Gasteiger partial charge in [0, 0.05) is 37.4 Å². The maximum Gasteiger partial charge on any atom is 0.336 e. The Hall–Kier alpha value is -1.44. The first-order valence-electron chi connectivity index (χ1n) is 6.09. The van der Waals surface area contributed by atoms with Gasteiger partial charge in [0.05, 0.1) is 19.4 Å². The second kappa shape index (κ2) is 5.28. The number of hydrogen-bond acceptors (Lipinski definition) is 6. The molecular weight excluding hydrogens is 266 g/mol. The van der Waals surface area contributed by atoms with Crippen molar-refractivity contribution in [3.8, 4) is 0 Å². The predicted octanol–water partition coefficient (Wildman–Crippen LogP) is 0.770. The maximum absolute atomic E-state index is 11.5. The Balaban J connectivity index is 1.66. The van der Waals surface area contributed by atoms with Crippen LogP contribution in [0.25, 0.3) is 4.96 Å². The average Bonchev–Trinajstić information content (AvgIpc) is 2.99. The van der Waals surface area contributed by atoms with Gasteiger partial charge in [0.25, 0.3) is 0 Å². The molecule has 0 bridgehead atoms. The van der Waals surface area contributed by atoms with Gasteiger partial charge in [0.2, 0.25) is 0 Å². The molecule has 1 saturated heterocycles. The van der Waals surface area contributed by atoms with Gasteiger partial charge in [0.15, 0.2) is 11.1 Å². The molecule has 0 saturated carbocycles. The van der Waals surface area contributed by atoms with E-state index in [2.05, 4.69) is 9.88 Å². The summed E-state index contributed by atoms with van der Waals surface area (Å²) in [4.78, 5) is 19.2. The number of rotatable bonds is 3. The van der Waals surface area contributed by atoms with Crippen LogP contribution in [0, 0.1) is 0 Å². The van der Waals surface area contributed by atoms with Crippen LogP contribution in [0.2, 0.25) is 0 Å². The summed E-state index contributed by atoms with van der Waals surface area (Å²) >= 11 is 1.61. The number of imidazole rings is 1. The highest BCUT2D eigenvalue weighted by atomic mass is 32.1. The molecule has 6 nitrogen and oxygen atoms in total. The smallest absolute Gasteiger partial charge is 0.336 e. The largest absolute Gasteiger partial charge is 0.467 e. The lowest BCUT2D eigenvalue weighted by atomic mass is 10.2. The number of carbonyl (C=O) groups is 1. The number of thiazole rings is 1. The summed E-state index contributed by atoms with van der Waals surface area (Å²) in [5.74, 6) is -0.310. The molecule has 0 aromatic carbocycles. The second-order valence-electron chi connectivity index (χ2n) is 4.44. The number of ether oxygens (including phenoxy) is 2. The molecule has 0 radical (unpaired) electrons. The van der Waals surface area contributed by atoms with Crippen LogP contribution in [0.4, 0.5) is 0 Å². The van der Waals surface area contributed by atoms with Gasteiger partial charge in [0.1, 0.15) is 0 Å². The highest BCUT2D eigenvalue weighted by Gasteiger charge is 2.27. The predicted molar refractivity (Wildman–Crippen MR) is 70.1 cm³/mol. The van der Waals surface area contributed by atoms with E-state index in [9.17, 15) is 4.79 Å². The molecule has 3 rings (SSSR count). The van der Waals surface area contributed by atoms with E-state index in [0.717, 1.165) is 23.7 Å². The molecule has 0 aliphatic carbocycles. The third-order valence-electron chi connectivity index (χ3n) is 3.14. The van der Waals surface area contributed by atoms with Crippen molar-refractivity contribution in [3.05, 3.63) is 23.5 Å². The zero-order valence-corrected chi connectivity index (χ0v) is 11.4. The van der Waals surface area contributed by atoms with E-state index in [4.69, 9.17) is 9.47 Å². The lowest BCUT2D eigenvalue weighted by Gasteiger charge is -2.30. The molecule has 3 heterocycles. The van der Waals surface area contributed by atoms with Crippen molar-refractivity contribution in [1.82, 2.24) is 14.3 Å². The maximum atomic E-state index is 11.5. The van der Waals surface area contributed by atoms with Crippen LogP contribution in [0.3, 0.4) is 0 Å². The third kappa shape index (κ3) is 2.63. The summed E-state index contributed by atoms with van der Waals surface area (Å²) < 4.78 is 12.1. The molecule has 2 aromatic rings. The fourth-order valence-corrected chi connectivity index (χ4v) is 2.92. The van der Waals surface area contributed by atoms with Gasteiger partial charge in [-0.15, -0.1) is 11.3 Å². The van der Waals surface area contributed by atoms with Gasteiger partial charge < -0.3 is 9.47 Å². The molecule has 7 heteroatoms. The van der Waals surface area contributed by atoms with E-state index < -0.39 is 6.10 Å². The Morgan fingerprint density at radius 2 is 2.58 bits per heavy atom. The number of aromatic nitrogens is 2. The zero-order valence-electron chi connectivity index (χ0n) is 10.6. The minimum absolute atomic E-state index is 0.310. The Morgan fingerprint density at radius 3 is 3.37 bits per heavy atom. The molecule has 0 spiro atoms. The van der Waals surface area contributed by atoms with Crippen LogP contribution in [-0.2, 0) is 20.8 Å². The van der Waals surface area contributed by atoms with Crippen molar-refractivity contribution in [2.45, 2.75) is 12.6 Å². The summed E-state index contributed by atoms with van der Waals surface area (Å²) in [6.45, 7) is 2.63. The monoisotopic (exact) mass is 281 g/mol. The molecule has 1 unspecified atom stereocenters. The number of nitrogens with zero attached hydrogens (tertiary/aromatic N) is 3. The Bertz CT molecular complexity index is 551. The van der Waals surface area contributed by atoms with Crippen molar-refractivity contribution in [1.29, 1.82) is 0 Å². The lowest BCUT2D eigenvalue weighted by Crippen LogP contribution is -2.46. The van der Waals surface area contributed by atoms with Gasteiger partial charge >= 0.3 is 5.97 Å². The molecule has 1 fully saturated rings. The number of hydrogen-bond donors (Lipinski definition) is 0. The summed E-state index contributed by atoms with van der Waals surface area (Å²) in [5, 5.41) is 2.01. The van der Waals surface area contributed by atoms with Gasteiger partial charge in [-0.1, -0.05) is 0 Å².